The zero-order chi connectivity index (χ0) is 29.1. The summed E-state index contributed by atoms with van der Waals surface area (Å²) in [5.41, 5.74) is -2.50. The lowest BCUT2D eigenvalue weighted by molar-refractivity contribution is -0.352. The molecule has 1 unspecified atom stereocenters. The van der Waals surface area contributed by atoms with Crippen LogP contribution in [0.1, 0.15) is 33.6 Å². The first-order valence-corrected chi connectivity index (χ1v) is 11.0. The number of alkyl halides is 10. The van der Waals surface area contributed by atoms with E-state index in [1.54, 1.807) is 0 Å². The smallest absolute Gasteiger partial charge is 0.412 e. The number of carbonyl (C=O) groups excluding carboxylic acids is 2. The Morgan fingerprint density at radius 3 is 1.81 bits per heavy atom. The van der Waals surface area contributed by atoms with Crippen LogP contribution in [0.15, 0.2) is 12.2 Å². The van der Waals surface area contributed by atoms with Crippen LogP contribution in [0.3, 0.4) is 0 Å². The van der Waals surface area contributed by atoms with Crippen molar-refractivity contribution in [2.24, 2.45) is 0 Å². The maximum Gasteiger partial charge on any atom is 0.466 e. The van der Waals surface area contributed by atoms with E-state index in [9.17, 15) is 61.9 Å². The van der Waals surface area contributed by atoms with Gasteiger partial charge in [0.25, 0.3) is 0 Å². The largest absolute Gasteiger partial charge is 0.466 e. The van der Waals surface area contributed by atoms with Gasteiger partial charge in [0.05, 0.1) is 6.61 Å². The Bertz CT molecular complexity index is 931. The van der Waals surface area contributed by atoms with Crippen molar-refractivity contribution in [3.05, 3.63) is 12.2 Å². The Kier molecular flexibility index (Phi) is 10.4. The standard InChI is InChI=1S/C17H21F10NO7S/c1-5-28(9(2)3)12(30)14(16(23,24)25,35-11(29)10(4)15(20,21)22)34-8-6-7-13(18,19)17(26,27)36(31,32)33/h9H,4-8H2,1-3H3,(H,31,32,33). The minimum absolute atomic E-state index is 0.332. The lowest BCUT2D eigenvalue weighted by Gasteiger charge is -2.38. The molecule has 0 radical (unpaired) electrons. The molecule has 8 nitrogen and oxygen atoms in total. The predicted octanol–water partition coefficient (Wildman–Crippen LogP) is 4.08. The highest BCUT2D eigenvalue weighted by Crippen LogP contribution is 2.42. The summed E-state index contributed by atoms with van der Waals surface area (Å²) in [6.07, 6.45) is -15.6. The number of nitrogens with zero attached hydrogens (tertiary/aromatic N) is 1. The SMILES string of the molecule is C=C(C(=O)OC(OCCCC(F)(F)C(F)(F)S(=O)(=O)O)(C(=O)N(CC)C(C)C)C(F)(F)F)C(F)(F)F. The number of rotatable bonds is 12. The van der Waals surface area contributed by atoms with Gasteiger partial charge in [-0.05, 0) is 27.2 Å². The highest BCUT2D eigenvalue weighted by atomic mass is 32.2. The average molecular weight is 573 g/mol. The van der Waals surface area contributed by atoms with Crippen LogP contribution in [0.25, 0.3) is 0 Å². The van der Waals surface area contributed by atoms with Gasteiger partial charge in [-0.25, -0.2) is 4.79 Å². The van der Waals surface area contributed by atoms with E-state index < -0.39 is 88.9 Å². The van der Waals surface area contributed by atoms with Gasteiger partial charge in [0.1, 0.15) is 5.57 Å². The molecule has 0 aromatic heterocycles. The van der Waals surface area contributed by atoms with Crippen LogP contribution in [0.4, 0.5) is 43.9 Å². The number of ether oxygens (including phenoxy) is 2. The van der Waals surface area contributed by atoms with E-state index in [-0.39, 0.29) is 0 Å². The van der Waals surface area contributed by atoms with Crippen LogP contribution >= 0.6 is 0 Å². The number of likely N-dealkylation sites (N-methyl/N-ethyl adjacent to an activating group) is 1. The minimum atomic E-state index is -6.68. The molecule has 1 N–H and O–H groups in total. The molecule has 0 aromatic carbocycles. The highest BCUT2D eigenvalue weighted by molar-refractivity contribution is 7.87. The molecule has 0 fully saturated rings. The monoisotopic (exact) mass is 573 g/mol. The van der Waals surface area contributed by atoms with Crippen molar-refractivity contribution in [3.63, 3.8) is 0 Å². The first-order chi connectivity index (χ1) is 15.8. The summed E-state index contributed by atoms with van der Waals surface area (Å²) in [4.78, 5) is 24.8. The van der Waals surface area contributed by atoms with E-state index in [2.05, 4.69) is 16.1 Å². The van der Waals surface area contributed by atoms with E-state index >= 15 is 0 Å². The van der Waals surface area contributed by atoms with Crippen molar-refractivity contribution in [1.29, 1.82) is 0 Å². The molecule has 0 aliphatic carbocycles. The van der Waals surface area contributed by atoms with Gasteiger partial charge in [-0.1, -0.05) is 6.58 Å². The van der Waals surface area contributed by atoms with Crippen LogP contribution in [-0.2, 0) is 29.2 Å². The van der Waals surface area contributed by atoms with Gasteiger partial charge in [0, 0.05) is 19.0 Å². The first kappa shape index (κ1) is 33.8. The molecule has 1 atom stereocenters. The molecule has 0 heterocycles. The Morgan fingerprint density at radius 2 is 1.47 bits per heavy atom. The van der Waals surface area contributed by atoms with Crippen molar-refractivity contribution in [1.82, 2.24) is 4.90 Å². The zero-order valence-electron chi connectivity index (χ0n) is 18.6. The molecule has 0 aromatic rings. The van der Waals surface area contributed by atoms with Gasteiger partial charge >= 0.3 is 51.3 Å². The molecule has 0 bridgehead atoms. The van der Waals surface area contributed by atoms with E-state index in [1.165, 1.54) is 0 Å². The molecule has 0 saturated heterocycles. The van der Waals surface area contributed by atoms with Gasteiger partial charge in [-0.2, -0.15) is 52.3 Å². The molecule has 1 amide bonds. The summed E-state index contributed by atoms with van der Waals surface area (Å²) >= 11 is 0. The highest BCUT2D eigenvalue weighted by Gasteiger charge is 2.69. The van der Waals surface area contributed by atoms with E-state index in [0.717, 1.165) is 20.8 Å². The second kappa shape index (κ2) is 11.1. The zero-order valence-corrected chi connectivity index (χ0v) is 19.5. The summed E-state index contributed by atoms with van der Waals surface area (Å²) in [6.45, 7) is 3.30. The second-order valence-corrected chi connectivity index (χ2v) is 8.78. The molecule has 0 aliphatic heterocycles. The van der Waals surface area contributed by atoms with Crippen molar-refractivity contribution >= 4 is 22.0 Å². The molecule has 0 rings (SSSR count). The second-order valence-electron chi connectivity index (χ2n) is 7.31. The summed E-state index contributed by atoms with van der Waals surface area (Å²) in [5.74, 6) is -15.5. The number of halogens is 10. The maximum absolute atomic E-state index is 14.0. The normalized spacial score (nSPS) is 15.4. The first-order valence-electron chi connectivity index (χ1n) is 9.54. The maximum atomic E-state index is 14.0. The fourth-order valence-electron chi connectivity index (χ4n) is 2.48. The van der Waals surface area contributed by atoms with Gasteiger partial charge < -0.3 is 14.4 Å². The molecular weight excluding hydrogens is 552 g/mol. The molecule has 0 aliphatic rings. The Morgan fingerprint density at radius 1 is 1.00 bits per heavy atom. The van der Waals surface area contributed by atoms with Crippen LogP contribution in [0.2, 0.25) is 0 Å². The van der Waals surface area contributed by atoms with Gasteiger partial charge in [-0.3, -0.25) is 9.35 Å². The quantitative estimate of drug-likeness (QED) is 0.0936. The van der Waals surface area contributed by atoms with Crippen molar-refractivity contribution in [2.45, 2.75) is 69.0 Å². The van der Waals surface area contributed by atoms with Crippen LogP contribution in [-0.4, -0.2) is 78.3 Å². The van der Waals surface area contributed by atoms with Crippen LogP contribution in [0, 0.1) is 0 Å². The fraction of sp³-hybridized carbons (Fsp3) is 0.765. The molecule has 19 heteroatoms. The summed E-state index contributed by atoms with van der Waals surface area (Å²) in [7, 11) is -6.68. The summed E-state index contributed by atoms with van der Waals surface area (Å²) in [5, 5.41) is -6.08. The fourth-order valence-corrected chi connectivity index (χ4v) is 2.96. The third kappa shape index (κ3) is 7.21. The summed E-state index contributed by atoms with van der Waals surface area (Å²) < 4.78 is 171. The summed E-state index contributed by atoms with van der Waals surface area (Å²) in [6, 6.07) is -1.10. The van der Waals surface area contributed by atoms with Crippen LogP contribution < -0.4 is 0 Å². The van der Waals surface area contributed by atoms with Crippen molar-refractivity contribution in [3.8, 4) is 0 Å². The Balaban J connectivity index is 6.30. The lowest BCUT2D eigenvalue weighted by atomic mass is 10.1. The number of hydrogen-bond acceptors (Lipinski definition) is 6. The molecular formula is C17H21F10NO7S. The van der Waals surface area contributed by atoms with Gasteiger partial charge in [-0.15, -0.1) is 0 Å². The topological polar surface area (TPSA) is 110 Å². The molecule has 0 spiro atoms. The Labute approximate surface area is 197 Å². The number of esters is 1. The van der Waals surface area contributed by atoms with Crippen LogP contribution in [0.5, 0.6) is 0 Å². The van der Waals surface area contributed by atoms with E-state index in [4.69, 9.17) is 4.55 Å². The average Bonchev–Trinajstić information content (AvgIpc) is 2.66. The third-order valence-electron chi connectivity index (χ3n) is 4.39. The van der Waals surface area contributed by atoms with Crippen molar-refractivity contribution in [2.75, 3.05) is 13.2 Å². The Hall–Kier alpha value is -2.15. The van der Waals surface area contributed by atoms with E-state index in [0.29, 0.717) is 4.90 Å². The van der Waals surface area contributed by atoms with E-state index in [1.807, 2.05) is 0 Å². The molecule has 212 valence electrons. The van der Waals surface area contributed by atoms with Crippen molar-refractivity contribution < 1.29 is 75.9 Å². The number of carbonyl (C=O) groups is 2. The number of hydrogen-bond donors (Lipinski definition) is 1. The van der Waals surface area contributed by atoms with Gasteiger partial charge in [0.2, 0.25) is 0 Å². The lowest BCUT2D eigenvalue weighted by Crippen LogP contribution is -2.63. The molecule has 0 saturated carbocycles. The van der Waals surface area contributed by atoms with Gasteiger partial charge in [0.15, 0.2) is 0 Å². The predicted molar refractivity (Wildman–Crippen MR) is 99.2 cm³/mol. The number of amides is 1. The molecule has 36 heavy (non-hydrogen) atoms. The third-order valence-corrected chi connectivity index (χ3v) is 5.34. The minimum Gasteiger partial charge on any atom is -0.412 e.